The number of piperazine rings is 1. The van der Waals surface area contributed by atoms with Crippen molar-refractivity contribution < 1.29 is 14.3 Å². The van der Waals surface area contributed by atoms with Crippen LogP contribution >= 0.6 is 0 Å². The molecule has 0 bridgehead atoms. The van der Waals surface area contributed by atoms with Crippen LogP contribution in [0.1, 0.15) is 25.5 Å². The number of carbonyl (C=O) groups excluding carboxylic acids is 2. The molecule has 1 aliphatic rings. The van der Waals surface area contributed by atoms with Crippen molar-refractivity contribution in [3.05, 3.63) is 35.9 Å². The molecule has 1 heterocycles. The Morgan fingerprint density at radius 2 is 1.64 bits per heavy atom. The van der Waals surface area contributed by atoms with Gasteiger partial charge in [-0.15, -0.1) is 0 Å². The van der Waals surface area contributed by atoms with Gasteiger partial charge in [0.1, 0.15) is 0 Å². The molecule has 22 heavy (non-hydrogen) atoms. The maximum absolute atomic E-state index is 12.8. The highest BCUT2D eigenvalue weighted by molar-refractivity contribution is 5.85. The number of likely N-dealkylation sites (N-methyl/N-ethyl adjacent to an activating group) is 1. The molecular formula is C17H24N2O3. The Labute approximate surface area is 131 Å². The Bertz CT molecular complexity index is 508. The van der Waals surface area contributed by atoms with Crippen LogP contribution in [0.5, 0.6) is 0 Å². The van der Waals surface area contributed by atoms with Crippen LogP contribution in [0.4, 0.5) is 0 Å². The van der Waals surface area contributed by atoms with Crippen molar-refractivity contribution in [3.8, 4) is 0 Å². The van der Waals surface area contributed by atoms with E-state index in [1.165, 1.54) is 0 Å². The normalized spacial score (nSPS) is 17.4. The van der Waals surface area contributed by atoms with Gasteiger partial charge in [-0.1, -0.05) is 44.2 Å². The van der Waals surface area contributed by atoms with Gasteiger partial charge < -0.3 is 14.5 Å². The van der Waals surface area contributed by atoms with Crippen LogP contribution in [-0.2, 0) is 14.3 Å². The predicted molar refractivity (Wildman–Crippen MR) is 84.2 cm³/mol. The SMILES string of the molecule is CC(C)C(=O)OC(C(=O)N1CCN(C)CC1)c1ccccc1. The van der Waals surface area contributed by atoms with Gasteiger partial charge in [0, 0.05) is 31.7 Å². The van der Waals surface area contributed by atoms with Crippen LogP contribution in [0.3, 0.4) is 0 Å². The van der Waals surface area contributed by atoms with Gasteiger partial charge in [-0.05, 0) is 7.05 Å². The Balaban J connectivity index is 2.16. The third-order valence-electron chi connectivity index (χ3n) is 3.85. The van der Waals surface area contributed by atoms with Crippen LogP contribution < -0.4 is 0 Å². The first-order chi connectivity index (χ1) is 10.5. The van der Waals surface area contributed by atoms with Crippen LogP contribution in [0.25, 0.3) is 0 Å². The maximum Gasteiger partial charge on any atom is 0.309 e. The average Bonchev–Trinajstić information content (AvgIpc) is 2.53. The highest BCUT2D eigenvalue weighted by Gasteiger charge is 2.31. The predicted octanol–water partition coefficient (Wildman–Crippen LogP) is 1.70. The summed E-state index contributed by atoms with van der Waals surface area (Å²) in [5.41, 5.74) is 0.723. The second-order valence-corrected chi connectivity index (χ2v) is 6.01. The molecule has 0 aromatic heterocycles. The topological polar surface area (TPSA) is 49.9 Å². The molecule has 5 nitrogen and oxygen atoms in total. The zero-order valence-electron chi connectivity index (χ0n) is 13.5. The minimum absolute atomic E-state index is 0.131. The summed E-state index contributed by atoms with van der Waals surface area (Å²) < 4.78 is 5.50. The summed E-state index contributed by atoms with van der Waals surface area (Å²) in [5.74, 6) is -0.740. The Morgan fingerprint density at radius 1 is 1.05 bits per heavy atom. The van der Waals surface area contributed by atoms with E-state index in [2.05, 4.69) is 4.90 Å². The second kappa shape index (κ2) is 7.40. The number of benzene rings is 1. The highest BCUT2D eigenvalue weighted by atomic mass is 16.5. The zero-order valence-corrected chi connectivity index (χ0v) is 13.5. The van der Waals surface area contributed by atoms with Crippen molar-refractivity contribution in [1.82, 2.24) is 9.80 Å². The van der Waals surface area contributed by atoms with E-state index >= 15 is 0 Å². The van der Waals surface area contributed by atoms with E-state index in [0.717, 1.165) is 18.7 Å². The first-order valence-corrected chi connectivity index (χ1v) is 7.72. The fourth-order valence-electron chi connectivity index (χ4n) is 2.33. The third-order valence-corrected chi connectivity index (χ3v) is 3.85. The summed E-state index contributed by atoms with van der Waals surface area (Å²) >= 11 is 0. The zero-order chi connectivity index (χ0) is 16.1. The summed E-state index contributed by atoms with van der Waals surface area (Å²) in [4.78, 5) is 28.7. The molecule has 1 saturated heterocycles. The lowest BCUT2D eigenvalue weighted by atomic mass is 10.1. The van der Waals surface area contributed by atoms with E-state index in [4.69, 9.17) is 4.74 Å². The third kappa shape index (κ3) is 4.07. The maximum atomic E-state index is 12.8. The molecule has 1 aliphatic heterocycles. The van der Waals surface area contributed by atoms with Gasteiger partial charge in [-0.2, -0.15) is 0 Å². The summed E-state index contributed by atoms with van der Waals surface area (Å²) in [5, 5.41) is 0. The average molecular weight is 304 g/mol. The minimum Gasteiger partial charge on any atom is -0.447 e. The van der Waals surface area contributed by atoms with Gasteiger partial charge in [0.25, 0.3) is 5.91 Å². The van der Waals surface area contributed by atoms with E-state index < -0.39 is 6.10 Å². The summed E-state index contributed by atoms with van der Waals surface area (Å²) in [6.45, 7) is 6.54. The van der Waals surface area contributed by atoms with Gasteiger partial charge in [0.2, 0.25) is 6.10 Å². The lowest BCUT2D eigenvalue weighted by molar-refractivity contribution is -0.164. The largest absolute Gasteiger partial charge is 0.447 e. The van der Waals surface area contributed by atoms with Gasteiger partial charge in [-0.3, -0.25) is 9.59 Å². The lowest BCUT2D eigenvalue weighted by Gasteiger charge is -2.34. The summed E-state index contributed by atoms with van der Waals surface area (Å²) in [7, 11) is 2.04. The lowest BCUT2D eigenvalue weighted by Crippen LogP contribution is -2.49. The molecule has 0 radical (unpaired) electrons. The molecule has 0 saturated carbocycles. The first-order valence-electron chi connectivity index (χ1n) is 7.72. The Morgan fingerprint density at radius 3 is 2.18 bits per heavy atom. The molecule has 0 spiro atoms. The molecule has 1 aromatic carbocycles. The van der Waals surface area contributed by atoms with E-state index in [-0.39, 0.29) is 17.8 Å². The molecule has 0 N–H and O–H groups in total. The van der Waals surface area contributed by atoms with Crippen molar-refractivity contribution in [2.75, 3.05) is 33.2 Å². The van der Waals surface area contributed by atoms with E-state index in [1.54, 1.807) is 18.7 Å². The van der Waals surface area contributed by atoms with E-state index in [1.807, 2.05) is 37.4 Å². The van der Waals surface area contributed by atoms with Crippen molar-refractivity contribution in [2.45, 2.75) is 20.0 Å². The molecule has 2 rings (SSSR count). The standard InChI is InChI=1S/C17H24N2O3/c1-13(2)17(21)22-15(14-7-5-4-6-8-14)16(20)19-11-9-18(3)10-12-19/h4-8,13,15H,9-12H2,1-3H3. The van der Waals surface area contributed by atoms with Crippen LogP contribution in [-0.4, -0.2) is 54.9 Å². The fourth-order valence-corrected chi connectivity index (χ4v) is 2.33. The molecule has 1 amide bonds. The number of ether oxygens (including phenoxy) is 1. The van der Waals surface area contributed by atoms with Crippen LogP contribution in [0.15, 0.2) is 30.3 Å². The van der Waals surface area contributed by atoms with Gasteiger partial charge in [0.05, 0.1) is 5.92 Å². The monoisotopic (exact) mass is 304 g/mol. The molecule has 120 valence electrons. The van der Waals surface area contributed by atoms with E-state index in [9.17, 15) is 9.59 Å². The Hall–Kier alpha value is -1.88. The van der Waals surface area contributed by atoms with Gasteiger partial charge in [0.15, 0.2) is 0 Å². The number of rotatable bonds is 4. The van der Waals surface area contributed by atoms with Crippen LogP contribution in [0.2, 0.25) is 0 Å². The van der Waals surface area contributed by atoms with Crippen molar-refractivity contribution >= 4 is 11.9 Å². The molecule has 1 aromatic rings. The number of hydrogen-bond donors (Lipinski definition) is 0. The smallest absolute Gasteiger partial charge is 0.309 e. The molecular weight excluding hydrogens is 280 g/mol. The molecule has 5 heteroatoms. The number of hydrogen-bond acceptors (Lipinski definition) is 4. The van der Waals surface area contributed by atoms with Crippen molar-refractivity contribution in [2.24, 2.45) is 5.92 Å². The minimum atomic E-state index is -0.848. The number of esters is 1. The van der Waals surface area contributed by atoms with Gasteiger partial charge >= 0.3 is 5.97 Å². The highest BCUT2D eigenvalue weighted by Crippen LogP contribution is 2.22. The summed E-state index contributed by atoms with van der Waals surface area (Å²) in [6.07, 6.45) is -0.848. The van der Waals surface area contributed by atoms with E-state index in [0.29, 0.717) is 13.1 Å². The molecule has 1 atom stereocenters. The summed E-state index contributed by atoms with van der Waals surface area (Å²) in [6, 6.07) is 9.23. The van der Waals surface area contributed by atoms with Crippen molar-refractivity contribution in [1.29, 1.82) is 0 Å². The second-order valence-electron chi connectivity index (χ2n) is 6.01. The number of nitrogens with zero attached hydrogens (tertiary/aromatic N) is 2. The molecule has 0 aliphatic carbocycles. The quantitative estimate of drug-likeness (QED) is 0.795. The van der Waals surface area contributed by atoms with Gasteiger partial charge in [-0.25, -0.2) is 0 Å². The number of amides is 1. The molecule has 1 fully saturated rings. The van der Waals surface area contributed by atoms with Crippen molar-refractivity contribution in [3.63, 3.8) is 0 Å². The van der Waals surface area contributed by atoms with Crippen LogP contribution in [0, 0.1) is 5.92 Å². The Kier molecular flexibility index (Phi) is 5.55. The first kappa shape index (κ1) is 16.5. The number of carbonyl (C=O) groups is 2. The fraction of sp³-hybridized carbons (Fsp3) is 0.529. The molecule has 1 unspecified atom stereocenters.